The van der Waals surface area contributed by atoms with Gasteiger partial charge in [0.2, 0.25) is 0 Å². The van der Waals surface area contributed by atoms with Gasteiger partial charge in [0, 0.05) is 18.0 Å². The van der Waals surface area contributed by atoms with E-state index in [9.17, 15) is 0 Å². The number of para-hydroxylation sites is 1. The van der Waals surface area contributed by atoms with Gasteiger partial charge in [0.1, 0.15) is 11.4 Å². The number of hydrogen-bond donors (Lipinski definition) is 0. The third kappa shape index (κ3) is 1.38. The largest absolute Gasteiger partial charge is 0.453 e. The van der Waals surface area contributed by atoms with Crippen LogP contribution in [-0.4, -0.2) is 11.2 Å². The molecular formula is C12H8N2O. The summed E-state index contributed by atoms with van der Waals surface area (Å²) in [5.41, 5.74) is 1.79. The van der Waals surface area contributed by atoms with E-state index in [1.54, 1.807) is 18.6 Å². The number of pyridine rings is 1. The van der Waals surface area contributed by atoms with Gasteiger partial charge in [-0.3, -0.25) is 9.98 Å². The first kappa shape index (κ1) is 8.17. The number of nitrogens with zero attached hydrogens (tertiary/aromatic N) is 2. The van der Waals surface area contributed by atoms with Crippen molar-refractivity contribution in [3.05, 3.63) is 48.3 Å². The summed E-state index contributed by atoms with van der Waals surface area (Å²) in [6, 6.07) is 9.62. The molecule has 2 heterocycles. The van der Waals surface area contributed by atoms with Crippen molar-refractivity contribution in [1.29, 1.82) is 0 Å². The fourth-order valence-corrected chi connectivity index (χ4v) is 1.50. The molecule has 3 rings (SSSR count). The van der Waals surface area contributed by atoms with Crippen LogP contribution in [-0.2, 0) is 0 Å². The topological polar surface area (TPSA) is 34.5 Å². The van der Waals surface area contributed by atoms with Crippen molar-refractivity contribution in [1.82, 2.24) is 4.98 Å². The van der Waals surface area contributed by atoms with Gasteiger partial charge in [-0.25, -0.2) is 0 Å². The van der Waals surface area contributed by atoms with E-state index < -0.39 is 0 Å². The molecule has 2 aromatic rings. The Labute approximate surface area is 87.1 Å². The number of rotatable bonds is 0. The molecule has 15 heavy (non-hydrogen) atoms. The van der Waals surface area contributed by atoms with Gasteiger partial charge in [-0.2, -0.15) is 0 Å². The molecule has 0 saturated heterocycles. The summed E-state index contributed by atoms with van der Waals surface area (Å²) in [5.74, 6) is 1.51. The van der Waals surface area contributed by atoms with Crippen LogP contribution in [0.15, 0.2) is 47.7 Å². The molecule has 0 bridgehead atoms. The summed E-state index contributed by atoms with van der Waals surface area (Å²) in [6.07, 6.45) is 5.19. The molecule has 3 heteroatoms. The van der Waals surface area contributed by atoms with Crippen molar-refractivity contribution in [2.45, 2.75) is 0 Å². The van der Waals surface area contributed by atoms with Crippen LogP contribution in [0.5, 0.6) is 11.5 Å². The van der Waals surface area contributed by atoms with E-state index in [1.807, 2.05) is 30.3 Å². The molecule has 1 aromatic heterocycles. The Morgan fingerprint density at radius 3 is 2.93 bits per heavy atom. The minimum Gasteiger partial charge on any atom is -0.453 e. The van der Waals surface area contributed by atoms with E-state index in [1.165, 1.54) is 0 Å². The van der Waals surface area contributed by atoms with Crippen LogP contribution in [0.2, 0.25) is 0 Å². The van der Waals surface area contributed by atoms with Crippen LogP contribution < -0.4 is 4.74 Å². The maximum Gasteiger partial charge on any atom is 0.171 e. The van der Waals surface area contributed by atoms with Crippen LogP contribution in [0.3, 0.4) is 0 Å². The molecule has 0 unspecified atom stereocenters. The van der Waals surface area contributed by atoms with E-state index in [-0.39, 0.29) is 0 Å². The summed E-state index contributed by atoms with van der Waals surface area (Å²) >= 11 is 0. The lowest BCUT2D eigenvalue weighted by molar-refractivity contribution is 0.482. The van der Waals surface area contributed by atoms with E-state index in [4.69, 9.17) is 4.74 Å². The third-order valence-corrected chi connectivity index (χ3v) is 2.24. The van der Waals surface area contributed by atoms with Gasteiger partial charge in [0.15, 0.2) is 5.75 Å². The molecule has 0 radical (unpaired) electrons. The van der Waals surface area contributed by atoms with E-state index in [0.717, 1.165) is 17.0 Å². The standard InChI is InChI=1S/C12H8N2O/c1-2-4-11-9(3-1)7-14-10-5-6-13-8-12(10)15-11/h1-8H. The molecule has 1 aromatic carbocycles. The normalized spacial score (nSPS) is 12.3. The van der Waals surface area contributed by atoms with Gasteiger partial charge in [0.25, 0.3) is 0 Å². The number of fused-ring (bicyclic) bond motifs is 2. The molecule has 0 atom stereocenters. The van der Waals surface area contributed by atoms with Gasteiger partial charge >= 0.3 is 0 Å². The summed E-state index contributed by atoms with van der Waals surface area (Å²) in [6.45, 7) is 0. The Morgan fingerprint density at radius 1 is 1.00 bits per heavy atom. The van der Waals surface area contributed by atoms with Crippen LogP contribution in [0.25, 0.3) is 0 Å². The smallest absolute Gasteiger partial charge is 0.171 e. The highest BCUT2D eigenvalue weighted by molar-refractivity contribution is 5.87. The lowest BCUT2D eigenvalue weighted by atomic mass is 10.2. The Kier molecular flexibility index (Phi) is 1.75. The van der Waals surface area contributed by atoms with Crippen molar-refractivity contribution >= 4 is 11.9 Å². The highest BCUT2D eigenvalue weighted by Crippen LogP contribution is 2.34. The van der Waals surface area contributed by atoms with Crippen LogP contribution >= 0.6 is 0 Å². The molecule has 0 saturated carbocycles. The molecule has 0 fully saturated rings. The second-order valence-corrected chi connectivity index (χ2v) is 3.24. The fourth-order valence-electron chi connectivity index (χ4n) is 1.50. The maximum absolute atomic E-state index is 5.71. The predicted octanol–water partition coefficient (Wildman–Crippen LogP) is 2.94. The first-order valence-corrected chi connectivity index (χ1v) is 4.68. The van der Waals surface area contributed by atoms with Gasteiger partial charge in [-0.05, 0) is 18.2 Å². The number of aromatic nitrogens is 1. The number of benzene rings is 1. The first-order valence-electron chi connectivity index (χ1n) is 4.68. The SMILES string of the molecule is C1=Nc2ccncc2Oc2ccccc21. The van der Waals surface area contributed by atoms with Crippen molar-refractivity contribution in [3.8, 4) is 11.5 Å². The Bertz CT molecular complexity index is 487. The molecule has 3 nitrogen and oxygen atoms in total. The van der Waals surface area contributed by atoms with Gasteiger partial charge in [-0.1, -0.05) is 12.1 Å². The Hall–Kier alpha value is -2.16. The summed E-state index contributed by atoms with van der Waals surface area (Å²) in [4.78, 5) is 8.35. The van der Waals surface area contributed by atoms with Gasteiger partial charge in [-0.15, -0.1) is 0 Å². The zero-order valence-electron chi connectivity index (χ0n) is 7.92. The fraction of sp³-hybridized carbons (Fsp3) is 0. The van der Waals surface area contributed by atoms with Crippen LogP contribution in [0.1, 0.15) is 5.56 Å². The quantitative estimate of drug-likeness (QED) is 0.554. The second-order valence-electron chi connectivity index (χ2n) is 3.24. The minimum absolute atomic E-state index is 0.693. The number of hydrogen-bond acceptors (Lipinski definition) is 3. The summed E-state index contributed by atoms with van der Waals surface area (Å²) < 4.78 is 5.71. The average molecular weight is 196 g/mol. The maximum atomic E-state index is 5.71. The Balaban J connectivity index is 2.19. The van der Waals surface area contributed by atoms with Crippen molar-refractivity contribution in [3.63, 3.8) is 0 Å². The number of ether oxygens (including phenoxy) is 1. The molecule has 72 valence electrons. The molecular weight excluding hydrogens is 188 g/mol. The third-order valence-electron chi connectivity index (χ3n) is 2.24. The van der Waals surface area contributed by atoms with E-state index in [2.05, 4.69) is 9.98 Å². The van der Waals surface area contributed by atoms with Gasteiger partial charge in [0.05, 0.1) is 6.20 Å². The molecule has 0 aliphatic carbocycles. The minimum atomic E-state index is 0.693. The molecule has 1 aliphatic heterocycles. The zero-order valence-corrected chi connectivity index (χ0v) is 7.92. The predicted molar refractivity (Wildman–Crippen MR) is 58.0 cm³/mol. The first-order chi connectivity index (χ1) is 7.43. The zero-order chi connectivity index (χ0) is 10.1. The molecule has 0 amide bonds. The summed E-state index contributed by atoms with van der Waals surface area (Å²) in [7, 11) is 0. The van der Waals surface area contributed by atoms with Gasteiger partial charge < -0.3 is 4.74 Å². The number of aliphatic imine (C=N–C) groups is 1. The van der Waals surface area contributed by atoms with Crippen LogP contribution in [0.4, 0.5) is 5.69 Å². The lowest BCUT2D eigenvalue weighted by Gasteiger charge is -2.05. The van der Waals surface area contributed by atoms with Crippen molar-refractivity contribution in [2.24, 2.45) is 4.99 Å². The highest BCUT2D eigenvalue weighted by atomic mass is 16.5. The van der Waals surface area contributed by atoms with Crippen molar-refractivity contribution in [2.75, 3.05) is 0 Å². The van der Waals surface area contributed by atoms with E-state index >= 15 is 0 Å². The Morgan fingerprint density at radius 2 is 1.93 bits per heavy atom. The average Bonchev–Trinajstić information content (AvgIpc) is 2.48. The second kappa shape index (κ2) is 3.20. The highest BCUT2D eigenvalue weighted by Gasteiger charge is 2.10. The summed E-state index contributed by atoms with van der Waals surface area (Å²) in [5, 5.41) is 0. The van der Waals surface area contributed by atoms with Crippen molar-refractivity contribution < 1.29 is 4.74 Å². The molecule has 0 N–H and O–H groups in total. The molecule has 0 spiro atoms. The van der Waals surface area contributed by atoms with Crippen LogP contribution in [0, 0.1) is 0 Å². The molecule has 1 aliphatic rings. The van der Waals surface area contributed by atoms with E-state index in [0.29, 0.717) is 5.75 Å². The lowest BCUT2D eigenvalue weighted by Crippen LogP contribution is -1.87. The monoisotopic (exact) mass is 196 g/mol.